The Morgan fingerprint density at radius 3 is 2.62 bits per heavy atom. The van der Waals surface area contributed by atoms with E-state index in [1.165, 1.54) is 12.1 Å². The number of benzene rings is 2. The first-order chi connectivity index (χ1) is 10.1. The Hall–Kier alpha value is -1.78. The van der Waals surface area contributed by atoms with Gasteiger partial charge in [-0.25, -0.2) is 4.39 Å². The standard InChI is InChI=1S/C16H17ClFNO2/c1-19-9-11-3-6-15(20-2)16(7-11)21-10-12-4-5-13(18)8-14(12)17/h3-8,19H,9-10H2,1-2H3. The number of rotatable bonds is 6. The molecular formula is C16H17ClFNO2. The fourth-order valence-electron chi connectivity index (χ4n) is 1.94. The van der Waals surface area contributed by atoms with Crippen LogP contribution in [0.25, 0.3) is 0 Å². The van der Waals surface area contributed by atoms with Gasteiger partial charge in [-0.15, -0.1) is 0 Å². The van der Waals surface area contributed by atoms with Gasteiger partial charge in [0.15, 0.2) is 11.5 Å². The minimum absolute atomic E-state index is 0.248. The van der Waals surface area contributed by atoms with Crippen LogP contribution >= 0.6 is 11.6 Å². The largest absolute Gasteiger partial charge is 0.493 e. The maximum Gasteiger partial charge on any atom is 0.161 e. The molecule has 0 aliphatic heterocycles. The van der Waals surface area contributed by atoms with Crippen molar-refractivity contribution >= 4 is 11.6 Å². The maximum absolute atomic E-state index is 13.0. The summed E-state index contributed by atoms with van der Waals surface area (Å²) in [4.78, 5) is 0. The summed E-state index contributed by atoms with van der Waals surface area (Å²) in [6, 6.07) is 9.98. The Labute approximate surface area is 128 Å². The van der Waals surface area contributed by atoms with Gasteiger partial charge in [-0.2, -0.15) is 0 Å². The third kappa shape index (κ3) is 4.09. The third-order valence-electron chi connectivity index (χ3n) is 3.01. The molecule has 0 fully saturated rings. The molecule has 0 saturated heterocycles. The van der Waals surface area contributed by atoms with Crippen molar-refractivity contribution in [3.63, 3.8) is 0 Å². The number of hydrogen-bond donors (Lipinski definition) is 1. The number of ether oxygens (including phenoxy) is 2. The van der Waals surface area contributed by atoms with E-state index in [4.69, 9.17) is 21.1 Å². The molecule has 0 radical (unpaired) electrons. The molecule has 2 rings (SSSR count). The summed E-state index contributed by atoms with van der Waals surface area (Å²) >= 11 is 5.99. The van der Waals surface area contributed by atoms with E-state index < -0.39 is 0 Å². The lowest BCUT2D eigenvalue weighted by atomic mass is 10.2. The van der Waals surface area contributed by atoms with E-state index in [2.05, 4.69) is 5.32 Å². The summed E-state index contributed by atoms with van der Waals surface area (Å²) in [5, 5.41) is 3.43. The SMILES string of the molecule is CNCc1ccc(OC)c(OCc2ccc(F)cc2Cl)c1. The van der Waals surface area contributed by atoms with Crippen LogP contribution in [-0.2, 0) is 13.2 Å². The van der Waals surface area contributed by atoms with Gasteiger partial charge in [0.25, 0.3) is 0 Å². The first-order valence-electron chi connectivity index (χ1n) is 6.52. The first-order valence-corrected chi connectivity index (χ1v) is 6.90. The highest BCUT2D eigenvalue weighted by Gasteiger charge is 2.08. The van der Waals surface area contributed by atoms with Crippen molar-refractivity contribution in [3.05, 3.63) is 58.4 Å². The quantitative estimate of drug-likeness (QED) is 0.880. The monoisotopic (exact) mass is 309 g/mol. The molecule has 0 atom stereocenters. The molecule has 2 aromatic rings. The molecule has 0 saturated carbocycles. The van der Waals surface area contributed by atoms with Crippen LogP contribution < -0.4 is 14.8 Å². The molecule has 0 unspecified atom stereocenters. The number of methoxy groups -OCH3 is 1. The zero-order valence-electron chi connectivity index (χ0n) is 12.0. The summed E-state index contributed by atoms with van der Waals surface area (Å²) in [5.74, 6) is 0.913. The van der Waals surface area contributed by atoms with Crippen LogP contribution in [-0.4, -0.2) is 14.2 Å². The number of halogens is 2. The Balaban J connectivity index is 2.16. The highest BCUT2D eigenvalue weighted by Crippen LogP contribution is 2.29. The lowest BCUT2D eigenvalue weighted by Gasteiger charge is -2.13. The van der Waals surface area contributed by atoms with Crippen LogP contribution in [0.15, 0.2) is 36.4 Å². The predicted molar refractivity (Wildman–Crippen MR) is 81.5 cm³/mol. The van der Waals surface area contributed by atoms with Gasteiger partial charge in [0.05, 0.1) is 12.1 Å². The van der Waals surface area contributed by atoms with E-state index in [1.807, 2.05) is 25.2 Å². The van der Waals surface area contributed by atoms with Crippen molar-refractivity contribution in [1.29, 1.82) is 0 Å². The van der Waals surface area contributed by atoms with Crippen LogP contribution in [0.1, 0.15) is 11.1 Å². The van der Waals surface area contributed by atoms with Gasteiger partial charge < -0.3 is 14.8 Å². The fraction of sp³-hybridized carbons (Fsp3) is 0.250. The van der Waals surface area contributed by atoms with Crippen molar-refractivity contribution in [2.24, 2.45) is 0 Å². The topological polar surface area (TPSA) is 30.5 Å². The van der Waals surface area contributed by atoms with Crippen LogP contribution in [0.5, 0.6) is 11.5 Å². The normalized spacial score (nSPS) is 10.5. The summed E-state index contributed by atoms with van der Waals surface area (Å²) < 4.78 is 24.1. The van der Waals surface area contributed by atoms with Gasteiger partial charge in [-0.3, -0.25) is 0 Å². The van der Waals surface area contributed by atoms with Crippen LogP contribution in [0.4, 0.5) is 4.39 Å². The average Bonchev–Trinajstić information content (AvgIpc) is 2.47. The average molecular weight is 310 g/mol. The summed E-state index contributed by atoms with van der Waals surface area (Å²) in [6.07, 6.45) is 0. The highest BCUT2D eigenvalue weighted by atomic mass is 35.5. The van der Waals surface area contributed by atoms with E-state index in [0.29, 0.717) is 16.5 Å². The zero-order chi connectivity index (χ0) is 15.2. The molecule has 0 spiro atoms. The highest BCUT2D eigenvalue weighted by molar-refractivity contribution is 6.31. The summed E-state index contributed by atoms with van der Waals surface area (Å²) in [7, 11) is 3.47. The van der Waals surface area contributed by atoms with Crippen molar-refractivity contribution in [3.8, 4) is 11.5 Å². The molecule has 0 aliphatic carbocycles. The van der Waals surface area contributed by atoms with Crippen molar-refractivity contribution in [2.75, 3.05) is 14.2 Å². The maximum atomic E-state index is 13.0. The van der Waals surface area contributed by atoms with E-state index in [9.17, 15) is 4.39 Å². The van der Waals surface area contributed by atoms with Crippen molar-refractivity contribution in [2.45, 2.75) is 13.2 Å². The molecule has 1 N–H and O–H groups in total. The van der Waals surface area contributed by atoms with Crippen molar-refractivity contribution in [1.82, 2.24) is 5.32 Å². The van der Waals surface area contributed by atoms with Crippen LogP contribution in [0.2, 0.25) is 5.02 Å². The second kappa shape index (κ2) is 7.29. The summed E-state index contributed by atoms with van der Waals surface area (Å²) in [5.41, 5.74) is 1.80. The fourth-order valence-corrected chi connectivity index (χ4v) is 2.16. The molecule has 2 aromatic carbocycles. The van der Waals surface area contributed by atoms with Gasteiger partial charge in [0.2, 0.25) is 0 Å². The minimum Gasteiger partial charge on any atom is -0.493 e. The Morgan fingerprint density at radius 1 is 1.14 bits per heavy atom. The van der Waals surface area contributed by atoms with Crippen LogP contribution in [0.3, 0.4) is 0 Å². The Morgan fingerprint density at radius 2 is 1.95 bits per heavy atom. The Kier molecular flexibility index (Phi) is 5.42. The molecule has 5 heteroatoms. The lowest BCUT2D eigenvalue weighted by molar-refractivity contribution is 0.284. The lowest BCUT2D eigenvalue weighted by Crippen LogP contribution is -2.06. The van der Waals surface area contributed by atoms with Gasteiger partial charge in [0.1, 0.15) is 12.4 Å². The molecule has 21 heavy (non-hydrogen) atoms. The summed E-state index contributed by atoms with van der Waals surface area (Å²) in [6.45, 7) is 0.982. The minimum atomic E-state index is -0.364. The number of nitrogens with one attached hydrogen (secondary N) is 1. The molecule has 0 bridgehead atoms. The van der Waals surface area contributed by atoms with Crippen molar-refractivity contribution < 1.29 is 13.9 Å². The zero-order valence-corrected chi connectivity index (χ0v) is 12.7. The molecule has 0 aromatic heterocycles. The number of hydrogen-bond acceptors (Lipinski definition) is 3. The first kappa shape index (κ1) is 15.6. The molecule has 0 heterocycles. The second-order valence-corrected chi connectivity index (χ2v) is 4.95. The van der Waals surface area contributed by atoms with E-state index in [-0.39, 0.29) is 12.4 Å². The predicted octanol–water partition coefficient (Wildman–Crippen LogP) is 3.79. The van der Waals surface area contributed by atoms with Crippen LogP contribution in [0, 0.1) is 5.82 Å². The van der Waals surface area contributed by atoms with Gasteiger partial charge in [-0.1, -0.05) is 23.7 Å². The third-order valence-corrected chi connectivity index (χ3v) is 3.36. The smallest absolute Gasteiger partial charge is 0.161 e. The van der Waals surface area contributed by atoms with Gasteiger partial charge in [-0.05, 0) is 36.9 Å². The van der Waals surface area contributed by atoms with Gasteiger partial charge in [0, 0.05) is 12.1 Å². The molecule has 0 aliphatic rings. The molecule has 3 nitrogen and oxygen atoms in total. The second-order valence-electron chi connectivity index (χ2n) is 4.54. The van der Waals surface area contributed by atoms with E-state index in [0.717, 1.165) is 17.7 Å². The molecule has 0 amide bonds. The molecule has 112 valence electrons. The van der Waals surface area contributed by atoms with Gasteiger partial charge >= 0.3 is 0 Å². The van der Waals surface area contributed by atoms with E-state index >= 15 is 0 Å². The van der Waals surface area contributed by atoms with E-state index in [1.54, 1.807) is 13.2 Å². The molecular weight excluding hydrogens is 293 g/mol. The Bertz CT molecular complexity index is 619.